The first-order valence-corrected chi connectivity index (χ1v) is 5.32. The third kappa shape index (κ3) is 2.96. The Hall–Kier alpha value is -1.02. The van der Waals surface area contributed by atoms with Crippen LogP contribution in [0.1, 0.15) is 35.3 Å². The molecule has 0 aliphatic heterocycles. The third-order valence-electron chi connectivity index (χ3n) is 2.28. The SMILES string of the molecule is Cc1cc(Cl)cc(C(=O)O)c1CC(C)C. The molecule has 0 aliphatic rings. The van der Waals surface area contributed by atoms with Crippen molar-refractivity contribution in [2.75, 3.05) is 0 Å². The second-order valence-corrected chi connectivity index (χ2v) is 4.59. The second-order valence-electron chi connectivity index (χ2n) is 4.15. The minimum absolute atomic E-state index is 0.328. The van der Waals surface area contributed by atoms with E-state index in [-0.39, 0.29) is 0 Å². The van der Waals surface area contributed by atoms with Crippen molar-refractivity contribution in [3.63, 3.8) is 0 Å². The lowest BCUT2D eigenvalue weighted by Crippen LogP contribution is -2.07. The van der Waals surface area contributed by atoms with Gasteiger partial charge in [0.15, 0.2) is 0 Å². The molecule has 0 bridgehead atoms. The van der Waals surface area contributed by atoms with E-state index in [2.05, 4.69) is 13.8 Å². The number of halogens is 1. The van der Waals surface area contributed by atoms with Crippen molar-refractivity contribution in [3.8, 4) is 0 Å². The van der Waals surface area contributed by atoms with E-state index in [1.165, 1.54) is 6.07 Å². The fraction of sp³-hybridized carbons (Fsp3) is 0.417. The summed E-state index contributed by atoms with van der Waals surface area (Å²) in [7, 11) is 0. The van der Waals surface area contributed by atoms with Gasteiger partial charge in [0.25, 0.3) is 0 Å². The van der Waals surface area contributed by atoms with Crippen molar-refractivity contribution in [1.29, 1.82) is 0 Å². The summed E-state index contributed by atoms with van der Waals surface area (Å²) in [6.07, 6.45) is 0.768. The summed E-state index contributed by atoms with van der Waals surface area (Å²) in [5.41, 5.74) is 2.17. The van der Waals surface area contributed by atoms with Gasteiger partial charge in [-0.2, -0.15) is 0 Å². The van der Waals surface area contributed by atoms with E-state index in [9.17, 15) is 4.79 Å². The molecule has 0 radical (unpaired) electrons. The molecule has 3 heteroatoms. The number of rotatable bonds is 3. The molecule has 1 aromatic rings. The Kier molecular flexibility index (Phi) is 3.75. The van der Waals surface area contributed by atoms with Gasteiger partial charge in [-0.25, -0.2) is 4.79 Å². The van der Waals surface area contributed by atoms with Crippen LogP contribution in [-0.4, -0.2) is 11.1 Å². The van der Waals surface area contributed by atoms with E-state index >= 15 is 0 Å². The van der Waals surface area contributed by atoms with Crippen LogP contribution in [-0.2, 0) is 6.42 Å². The van der Waals surface area contributed by atoms with Crippen molar-refractivity contribution in [2.45, 2.75) is 27.2 Å². The first-order valence-electron chi connectivity index (χ1n) is 4.94. The molecule has 1 aromatic carbocycles. The summed E-state index contributed by atoms with van der Waals surface area (Å²) in [5, 5.41) is 9.55. The van der Waals surface area contributed by atoms with Crippen LogP contribution in [0.3, 0.4) is 0 Å². The zero-order valence-corrected chi connectivity index (χ0v) is 9.93. The summed E-state index contributed by atoms with van der Waals surface area (Å²) in [6, 6.07) is 3.33. The molecule has 0 aliphatic carbocycles. The lowest BCUT2D eigenvalue weighted by atomic mass is 9.94. The molecule has 0 atom stereocenters. The maximum atomic E-state index is 11.0. The molecule has 0 fully saturated rings. The van der Waals surface area contributed by atoms with Crippen LogP contribution in [0.4, 0.5) is 0 Å². The fourth-order valence-corrected chi connectivity index (χ4v) is 1.92. The Labute approximate surface area is 94.9 Å². The molecule has 2 nitrogen and oxygen atoms in total. The number of hydrogen-bond donors (Lipinski definition) is 1. The van der Waals surface area contributed by atoms with Gasteiger partial charge in [0.1, 0.15) is 0 Å². The van der Waals surface area contributed by atoms with Crippen LogP contribution < -0.4 is 0 Å². The average molecular weight is 227 g/mol. The average Bonchev–Trinajstić information content (AvgIpc) is 2.08. The zero-order valence-electron chi connectivity index (χ0n) is 9.17. The predicted molar refractivity (Wildman–Crippen MR) is 61.7 cm³/mol. The van der Waals surface area contributed by atoms with E-state index < -0.39 is 5.97 Å². The minimum atomic E-state index is -0.906. The predicted octanol–water partition coefficient (Wildman–Crippen LogP) is 3.55. The van der Waals surface area contributed by atoms with E-state index in [1.807, 2.05) is 13.0 Å². The summed E-state index contributed by atoms with van der Waals surface area (Å²) >= 11 is 5.84. The standard InChI is InChI=1S/C12H15ClO2/c1-7(2)4-10-8(3)5-9(13)6-11(10)12(14)15/h5-7H,4H2,1-3H3,(H,14,15). The number of aromatic carboxylic acids is 1. The van der Waals surface area contributed by atoms with E-state index in [0.717, 1.165) is 17.5 Å². The van der Waals surface area contributed by atoms with Crippen LogP contribution >= 0.6 is 11.6 Å². The molecule has 0 amide bonds. The van der Waals surface area contributed by atoms with E-state index in [1.54, 1.807) is 0 Å². The molecule has 15 heavy (non-hydrogen) atoms. The lowest BCUT2D eigenvalue weighted by Gasteiger charge is -2.12. The van der Waals surface area contributed by atoms with Crippen molar-refractivity contribution in [1.82, 2.24) is 0 Å². The largest absolute Gasteiger partial charge is 0.478 e. The number of carbonyl (C=O) groups is 1. The highest BCUT2D eigenvalue weighted by atomic mass is 35.5. The summed E-state index contributed by atoms with van der Waals surface area (Å²) in [4.78, 5) is 11.0. The number of carboxylic acid groups (broad SMARTS) is 1. The Morgan fingerprint density at radius 3 is 2.53 bits per heavy atom. The van der Waals surface area contributed by atoms with Gasteiger partial charge in [-0.15, -0.1) is 0 Å². The van der Waals surface area contributed by atoms with Crippen LogP contribution in [0.2, 0.25) is 5.02 Å². The summed E-state index contributed by atoms with van der Waals surface area (Å²) < 4.78 is 0. The normalized spacial score (nSPS) is 10.7. The van der Waals surface area contributed by atoms with Crippen LogP contribution in [0.25, 0.3) is 0 Å². The van der Waals surface area contributed by atoms with Crippen molar-refractivity contribution < 1.29 is 9.90 Å². The fourth-order valence-electron chi connectivity index (χ4n) is 1.64. The van der Waals surface area contributed by atoms with E-state index in [4.69, 9.17) is 16.7 Å². The second kappa shape index (κ2) is 4.67. The molecule has 0 saturated heterocycles. The highest BCUT2D eigenvalue weighted by molar-refractivity contribution is 6.31. The highest BCUT2D eigenvalue weighted by Gasteiger charge is 2.14. The summed E-state index contributed by atoms with van der Waals surface area (Å²) in [5.74, 6) is -0.473. The van der Waals surface area contributed by atoms with E-state index in [0.29, 0.717) is 16.5 Å². The zero-order chi connectivity index (χ0) is 11.6. The topological polar surface area (TPSA) is 37.3 Å². The van der Waals surface area contributed by atoms with Gasteiger partial charge in [0.2, 0.25) is 0 Å². The molecule has 82 valence electrons. The van der Waals surface area contributed by atoms with Crippen LogP contribution in [0.15, 0.2) is 12.1 Å². The van der Waals surface area contributed by atoms with Crippen molar-refractivity contribution >= 4 is 17.6 Å². The third-order valence-corrected chi connectivity index (χ3v) is 2.50. The van der Waals surface area contributed by atoms with Crippen LogP contribution in [0.5, 0.6) is 0 Å². The Morgan fingerprint density at radius 2 is 2.07 bits per heavy atom. The molecule has 1 N–H and O–H groups in total. The number of hydrogen-bond acceptors (Lipinski definition) is 1. The number of carboxylic acids is 1. The summed E-state index contributed by atoms with van der Waals surface area (Å²) in [6.45, 7) is 6.04. The molecule has 0 saturated carbocycles. The maximum Gasteiger partial charge on any atom is 0.336 e. The highest BCUT2D eigenvalue weighted by Crippen LogP contribution is 2.23. The van der Waals surface area contributed by atoms with Crippen LogP contribution in [0, 0.1) is 12.8 Å². The van der Waals surface area contributed by atoms with Gasteiger partial charge in [0, 0.05) is 5.02 Å². The van der Waals surface area contributed by atoms with Gasteiger partial charge < -0.3 is 5.11 Å². The van der Waals surface area contributed by atoms with Crippen molar-refractivity contribution in [3.05, 3.63) is 33.8 Å². The first kappa shape index (κ1) is 12.1. The maximum absolute atomic E-state index is 11.0. The minimum Gasteiger partial charge on any atom is -0.478 e. The van der Waals surface area contributed by atoms with Crippen molar-refractivity contribution in [2.24, 2.45) is 5.92 Å². The first-order chi connectivity index (χ1) is 6.91. The quantitative estimate of drug-likeness (QED) is 0.856. The van der Waals surface area contributed by atoms with Gasteiger partial charge in [-0.05, 0) is 42.5 Å². The Morgan fingerprint density at radius 1 is 1.47 bits per heavy atom. The molecule has 0 aromatic heterocycles. The van der Waals surface area contributed by atoms with Gasteiger partial charge >= 0.3 is 5.97 Å². The van der Waals surface area contributed by atoms with Gasteiger partial charge in [-0.3, -0.25) is 0 Å². The lowest BCUT2D eigenvalue weighted by molar-refractivity contribution is 0.0695. The smallest absolute Gasteiger partial charge is 0.336 e. The molecule has 1 rings (SSSR count). The monoisotopic (exact) mass is 226 g/mol. The molecule has 0 spiro atoms. The van der Waals surface area contributed by atoms with Gasteiger partial charge in [0.05, 0.1) is 5.56 Å². The molecule has 0 heterocycles. The molecular formula is C12H15ClO2. The molecule has 0 unspecified atom stereocenters. The Bertz CT molecular complexity index is 383. The molecular weight excluding hydrogens is 212 g/mol. The Balaban J connectivity index is 3.27. The number of aryl methyl sites for hydroxylation is 1. The number of benzene rings is 1. The van der Waals surface area contributed by atoms with Gasteiger partial charge in [-0.1, -0.05) is 25.4 Å².